The Labute approximate surface area is 101 Å². The highest BCUT2D eigenvalue weighted by Gasteiger charge is 2.04. The molecule has 0 unspecified atom stereocenters. The van der Waals surface area contributed by atoms with E-state index in [1.165, 1.54) is 0 Å². The van der Waals surface area contributed by atoms with E-state index < -0.39 is 0 Å². The van der Waals surface area contributed by atoms with Crippen molar-refractivity contribution < 1.29 is 0 Å². The predicted octanol–water partition coefficient (Wildman–Crippen LogP) is 2.01. The molecule has 0 radical (unpaired) electrons. The minimum absolute atomic E-state index is 0.506. The van der Waals surface area contributed by atoms with Crippen LogP contribution in [0.4, 0.5) is 0 Å². The molecular formula is C13H18N4. The fourth-order valence-corrected chi connectivity index (χ4v) is 1.60. The third kappa shape index (κ3) is 3.39. The lowest BCUT2D eigenvalue weighted by molar-refractivity contribution is 0.583. The van der Waals surface area contributed by atoms with Crippen LogP contribution in [0.15, 0.2) is 30.3 Å². The summed E-state index contributed by atoms with van der Waals surface area (Å²) in [7, 11) is 0. The fourth-order valence-electron chi connectivity index (χ4n) is 1.60. The molecule has 0 amide bonds. The van der Waals surface area contributed by atoms with Gasteiger partial charge < -0.3 is 5.32 Å². The summed E-state index contributed by atoms with van der Waals surface area (Å²) in [5.74, 6) is 1.70. The first-order chi connectivity index (χ1) is 8.25. The van der Waals surface area contributed by atoms with Gasteiger partial charge in [0, 0.05) is 24.6 Å². The molecule has 1 heterocycles. The van der Waals surface area contributed by atoms with E-state index in [1.807, 2.05) is 30.3 Å². The van der Waals surface area contributed by atoms with E-state index in [9.17, 15) is 0 Å². The van der Waals surface area contributed by atoms with Gasteiger partial charge in [0.2, 0.25) is 0 Å². The molecule has 0 fully saturated rings. The fraction of sp³-hybridized carbons (Fsp3) is 0.385. The Kier molecular flexibility index (Phi) is 3.88. The Morgan fingerprint density at radius 3 is 2.71 bits per heavy atom. The number of rotatable bonds is 5. The summed E-state index contributed by atoms with van der Waals surface area (Å²) in [5, 5.41) is 10.6. The Morgan fingerprint density at radius 2 is 2.00 bits per heavy atom. The SMILES string of the molecule is CC(C)NCCc1nc(-c2ccccc2)n[nH]1. The van der Waals surface area contributed by atoms with Crippen LogP contribution in [0.3, 0.4) is 0 Å². The van der Waals surface area contributed by atoms with Crippen molar-refractivity contribution >= 4 is 0 Å². The molecule has 90 valence electrons. The molecule has 4 nitrogen and oxygen atoms in total. The Bertz CT molecular complexity index is 447. The maximum absolute atomic E-state index is 4.47. The standard InChI is InChI=1S/C13H18N4/c1-10(2)14-9-8-12-15-13(17-16-12)11-6-4-3-5-7-11/h3-7,10,14H,8-9H2,1-2H3,(H,15,16,17). The highest BCUT2D eigenvalue weighted by Crippen LogP contribution is 2.13. The lowest BCUT2D eigenvalue weighted by Gasteiger charge is -2.05. The second kappa shape index (κ2) is 5.59. The second-order valence-electron chi connectivity index (χ2n) is 4.33. The van der Waals surface area contributed by atoms with Crippen LogP contribution in [0.2, 0.25) is 0 Å². The van der Waals surface area contributed by atoms with E-state index in [1.54, 1.807) is 0 Å². The van der Waals surface area contributed by atoms with Gasteiger partial charge in [-0.2, -0.15) is 5.10 Å². The average molecular weight is 230 g/mol. The van der Waals surface area contributed by atoms with E-state index in [4.69, 9.17) is 0 Å². The molecule has 0 spiro atoms. The molecule has 0 bridgehead atoms. The molecule has 0 aliphatic rings. The Morgan fingerprint density at radius 1 is 1.24 bits per heavy atom. The predicted molar refractivity (Wildman–Crippen MR) is 68.7 cm³/mol. The lowest BCUT2D eigenvalue weighted by Crippen LogP contribution is -2.25. The van der Waals surface area contributed by atoms with Gasteiger partial charge in [-0.05, 0) is 0 Å². The van der Waals surface area contributed by atoms with E-state index in [0.717, 1.165) is 30.2 Å². The lowest BCUT2D eigenvalue weighted by atomic mass is 10.2. The van der Waals surface area contributed by atoms with Crippen LogP contribution in [0, 0.1) is 0 Å². The van der Waals surface area contributed by atoms with Crippen molar-refractivity contribution in [2.75, 3.05) is 6.54 Å². The van der Waals surface area contributed by atoms with Gasteiger partial charge in [0.05, 0.1) is 0 Å². The molecule has 0 saturated heterocycles. The summed E-state index contributed by atoms with van der Waals surface area (Å²) in [4.78, 5) is 4.47. The maximum Gasteiger partial charge on any atom is 0.181 e. The summed E-state index contributed by atoms with van der Waals surface area (Å²) < 4.78 is 0. The van der Waals surface area contributed by atoms with Crippen LogP contribution in [0.5, 0.6) is 0 Å². The van der Waals surface area contributed by atoms with Gasteiger partial charge in [-0.15, -0.1) is 0 Å². The minimum Gasteiger partial charge on any atom is -0.314 e. The van der Waals surface area contributed by atoms with Crippen molar-refractivity contribution in [1.82, 2.24) is 20.5 Å². The smallest absolute Gasteiger partial charge is 0.181 e. The van der Waals surface area contributed by atoms with E-state index >= 15 is 0 Å². The third-order valence-electron chi connectivity index (χ3n) is 2.48. The molecule has 1 aromatic carbocycles. The zero-order valence-corrected chi connectivity index (χ0v) is 10.3. The van der Waals surface area contributed by atoms with Crippen molar-refractivity contribution in [3.63, 3.8) is 0 Å². The normalized spacial score (nSPS) is 11.0. The molecule has 0 aliphatic carbocycles. The van der Waals surface area contributed by atoms with Crippen molar-refractivity contribution in [1.29, 1.82) is 0 Å². The first kappa shape index (κ1) is 11.8. The monoisotopic (exact) mass is 230 g/mol. The first-order valence-corrected chi connectivity index (χ1v) is 5.96. The highest BCUT2D eigenvalue weighted by molar-refractivity contribution is 5.53. The van der Waals surface area contributed by atoms with Gasteiger partial charge in [0.25, 0.3) is 0 Å². The maximum atomic E-state index is 4.47. The van der Waals surface area contributed by atoms with Gasteiger partial charge in [-0.25, -0.2) is 4.98 Å². The third-order valence-corrected chi connectivity index (χ3v) is 2.48. The number of hydrogen-bond donors (Lipinski definition) is 2. The van der Waals surface area contributed by atoms with Gasteiger partial charge in [0.1, 0.15) is 5.82 Å². The Balaban J connectivity index is 1.97. The molecule has 4 heteroatoms. The summed E-state index contributed by atoms with van der Waals surface area (Å²) in [6.07, 6.45) is 0.873. The van der Waals surface area contributed by atoms with Crippen molar-refractivity contribution in [3.05, 3.63) is 36.2 Å². The molecule has 2 rings (SSSR count). The molecule has 17 heavy (non-hydrogen) atoms. The molecule has 2 aromatic rings. The molecule has 1 aromatic heterocycles. The van der Waals surface area contributed by atoms with Crippen LogP contribution < -0.4 is 5.32 Å². The highest BCUT2D eigenvalue weighted by atomic mass is 15.2. The number of benzene rings is 1. The van der Waals surface area contributed by atoms with Gasteiger partial charge in [-0.3, -0.25) is 5.10 Å². The minimum atomic E-state index is 0.506. The van der Waals surface area contributed by atoms with Crippen LogP contribution in [-0.2, 0) is 6.42 Å². The Hall–Kier alpha value is -1.68. The van der Waals surface area contributed by atoms with Gasteiger partial charge >= 0.3 is 0 Å². The molecule has 0 saturated carbocycles. The molecule has 0 aliphatic heterocycles. The van der Waals surface area contributed by atoms with Crippen molar-refractivity contribution in [3.8, 4) is 11.4 Å². The number of H-pyrrole nitrogens is 1. The van der Waals surface area contributed by atoms with Crippen LogP contribution >= 0.6 is 0 Å². The molecular weight excluding hydrogens is 212 g/mol. The van der Waals surface area contributed by atoms with E-state index in [0.29, 0.717) is 6.04 Å². The number of nitrogens with one attached hydrogen (secondary N) is 2. The first-order valence-electron chi connectivity index (χ1n) is 5.96. The summed E-state index contributed by atoms with van der Waals surface area (Å²) in [5.41, 5.74) is 1.05. The largest absolute Gasteiger partial charge is 0.314 e. The van der Waals surface area contributed by atoms with Crippen LogP contribution in [-0.4, -0.2) is 27.8 Å². The van der Waals surface area contributed by atoms with Crippen molar-refractivity contribution in [2.45, 2.75) is 26.3 Å². The summed E-state index contributed by atoms with van der Waals surface area (Å²) >= 11 is 0. The van der Waals surface area contributed by atoms with Crippen LogP contribution in [0.25, 0.3) is 11.4 Å². The second-order valence-corrected chi connectivity index (χ2v) is 4.33. The zero-order chi connectivity index (χ0) is 12.1. The number of hydrogen-bond acceptors (Lipinski definition) is 3. The number of nitrogens with zero attached hydrogens (tertiary/aromatic N) is 2. The number of aromatic amines is 1. The molecule has 2 N–H and O–H groups in total. The quantitative estimate of drug-likeness (QED) is 0.826. The van der Waals surface area contributed by atoms with E-state index in [-0.39, 0.29) is 0 Å². The van der Waals surface area contributed by atoms with E-state index in [2.05, 4.69) is 34.3 Å². The number of aromatic nitrogens is 3. The van der Waals surface area contributed by atoms with Crippen LogP contribution in [0.1, 0.15) is 19.7 Å². The van der Waals surface area contributed by atoms with Gasteiger partial charge in [0.15, 0.2) is 5.82 Å². The topological polar surface area (TPSA) is 53.6 Å². The van der Waals surface area contributed by atoms with Gasteiger partial charge in [-0.1, -0.05) is 44.2 Å². The zero-order valence-electron chi connectivity index (χ0n) is 10.3. The molecule has 0 atom stereocenters. The summed E-state index contributed by atoms with van der Waals surface area (Å²) in [6, 6.07) is 10.5. The average Bonchev–Trinajstić information content (AvgIpc) is 2.78. The summed E-state index contributed by atoms with van der Waals surface area (Å²) in [6.45, 7) is 5.19. The van der Waals surface area contributed by atoms with Crippen molar-refractivity contribution in [2.24, 2.45) is 0 Å².